The minimum Gasteiger partial charge on any atom is -0.496 e. The topological polar surface area (TPSA) is 77.1 Å². The Morgan fingerprint density at radius 3 is 2.94 bits per heavy atom. The van der Waals surface area contributed by atoms with E-state index in [1.165, 1.54) is 0 Å². The number of ether oxygens (including phenoxy) is 1. The molecule has 0 aliphatic heterocycles. The highest BCUT2D eigenvalue weighted by Crippen LogP contribution is 2.30. The van der Waals surface area contributed by atoms with Gasteiger partial charge in [-0.2, -0.15) is 0 Å². The lowest BCUT2D eigenvalue weighted by Crippen LogP contribution is -1.81. The van der Waals surface area contributed by atoms with Crippen LogP contribution in [-0.4, -0.2) is 17.3 Å². The first-order chi connectivity index (χ1) is 8.28. The van der Waals surface area contributed by atoms with Crippen LogP contribution >= 0.6 is 0 Å². The molecule has 0 saturated heterocycles. The zero-order valence-corrected chi connectivity index (χ0v) is 9.23. The zero-order valence-electron chi connectivity index (χ0n) is 9.23. The van der Waals surface area contributed by atoms with Crippen molar-refractivity contribution in [3.05, 3.63) is 30.3 Å². The van der Waals surface area contributed by atoms with E-state index in [1.54, 1.807) is 13.2 Å². The van der Waals surface area contributed by atoms with Gasteiger partial charge in [-0.15, -0.1) is 0 Å². The number of aromatic nitrogens is 2. The minimum absolute atomic E-state index is 0.366. The van der Waals surface area contributed by atoms with E-state index < -0.39 is 0 Å². The molecule has 86 valence electrons. The SMILES string of the molecule is COc1cccc2[nH]c(-c3cc(N)no3)cc12. The van der Waals surface area contributed by atoms with Gasteiger partial charge in [-0.05, 0) is 18.2 Å². The molecule has 5 heteroatoms. The number of methoxy groups -OCH3 is 1. The third kappa shape index (κ3) is 1.52. The van der Waals surface area contributed by atoms with Gasteiger partial charge in [-0.3, -0.25) is 0 Å². The van der Waals surface area contributed by atoms with E-state index in [1.807, 2.05) is 24.3 Å². The summed E-state index contributed by atoms with van der Waals surface area (Å²) in [6.07, 6.45) is 0. The van der Waals surface area contributed by atoms with Crippen molar-refractivity contribution in [2.24, 2.45) is 0 Å². The Hall–Kier alpha value is -2.43. The number of nitrogens with zero attached hydrogens (tertiary/aromatic N) is 1. The average Bonchev–Trinajstić information content (AvgIpc) is 2.93. The number of fused-ring (bicyclic) bond motifs is 1. The molecular weight excluding hydrogens is 218 g/mol. The van der Waals surface area contributed by atoms with Gasteiger partial charge in [-0.1, -0.05) is 11.2 Å². The molecular formula is C12H11N3O2. The van der Waals surface area contributed by atoms with Crippen molar-refractivity contribution in [2.75, 3.05) is 12.8 Å². The number of hydrogen-bond acceptors (Lipinski definition) is 4. The largest absolute Gasteiger partial charge is 0.496 e. The summed E-state index contributed by atoms with van der Waals surface area (Å²) in [7, 11) is 1.65. The third-order valence-electron chi connectivity index (χ3n) is 2.64. The highest BCUT2D eigenvalue weighted by molar-refractivity contribution is 5.90. The number of aromatic amines is 1. The summed E-state index contributed by atoms with van der Waals surface area (Å²) in [6, 6.07) is 9.44. The number of hydrogen-bond donors (Lipinski definition) is 2. The van der Waals surface area contributed by atoms with Crippen molar-refractivity contribution in [3.63, 3.8) is 0 Å². The maximum atomic E-state index is 5.52. The second-order valence-electron chi connectivity index (χ2n) is 3.72. The lowest BCUT2D eigenvalue weighted by Gasteiger charge is -1.99. The van der Waals surface area contributed by atoms with Crippen LogP contribution < -0.4 is 10.5 Å². The maximum Gasteiger partial charge on any atom is 0.185 e. The van der Waals surface area contributed by atoms with E-state index >= 15 is 0 Å². The summed E-state index contributed by atoms with van der Waals surface area (Å²) in [5, 5.41) is 4.66. The van der Waals surface area contributed by atoms with Gasteiger partial charge in [0.25, 0.3) is 0 Å². The van der Waals surface area contributed by atoms with Crippen LogP contribution in [0.4, 0.5) is 5.82 Å². The van der Waals surface area contributed by atoms with Gasteiger partial charge >= 0.3 is 0 Å². The first-order valence-electron chi connectivity index (χ1n) is 5.16. The molecule has 2 heterocycles. The Bertz CT molecular complexity index is 669. The number of nitrogens with one attached hydrogen (secondary N) is 1. The number of nitrogens with two attached hydrogens (primary N) is 1. The number of anilines is 1. The van der Waals surface area contributed by atoms with Crippen LogP contribution in [0.1, 0.15) is 0 Å². The van der Waals surface area contributed by atoms with Crippen molar-refractivity contribution in [2.45, 2.75) is 0 Å². The first kappa shape index (κ1) is 9.77. The molecule has 0 spiro atoms. The molecule has 2 aromatic heterocycles. The van der Waals surface area contributed by atoms with Gasteiger partial charge < -0.3 is 20.0 Å². The first-order valence-corrected chi connectivity index (χ1v) is 5.16. The summed E-state index contributed by atoms with van der Waals surface area (Å²) in [4.78, 5) is 3.23. The van der Waals surface area contributed by atoms with Crippen molar-refractivity contribution in [1.82, 2.24) is 10.1 Å². The summed E-state index contributed by atoms with van der Waals surface area (Å²) < 4.78 is 10.4. The maximum absolute atomic E-state index is 5.52. The fourth-order valence-electron chi connectivity index (χ4n) is 1.85. The van der Waals surface area contributed by atoms with Crippen LogP contribution in [-0.2, 0) is 0 Å². The second-order valence-corrected chi connectivity index (χ2v) is 3.72. The Balaban J connectivity index is 2.19. The summed E-state index contributed by atoms with van der Waals surface area (Å²) in [6.45, 7) is 0. The van der Waals surface area contributed by atoms with E-state index in [-0.39, 0.29) is 0 Å². The minimum atomic E-state index is 0.366. The van der Waals surface area contributed by atoms with Crippen LogP contribution in [0, 0.1) is 0 Å². The Kier molecular flexibility index (Phi) is 2.04. The smallest absolute Gasteiger partial charge is 0.185 e. The number of H-pyrrole nitrogens is 1. The van der Waals surface area contributed by atoms with Crippen LogP contribution in [0.3, 0.4) is 0 Å². The monoisotopic (exact) mass is 229 g/mol. The van der Waals surface area contributed by atoms with Gasteiger partial charge in [0.05, 0.1) is 12.8 Å². The van der Waals surface area contributed by atoms with Crippen molar-refractivity contribution in [3.8, 4) is 17.2 Å². The van der Waals surface area contributed by atoms with Crippen LogP contribution in [0.5, 0.6) is 5.75 Å². The highest BCUT2D eigenvalue weighted by Gasteiger charge is 2.10. The normalized spacial score (nSPS) is 10.9. The molecule has 3 aromatic rings. The highest BCUT2D eigenvalue weighted by atomic mass is 16.5. The lowest BCUT2D eigenvalue weighted by atomic mass is 10.2. The molecule has 17 heavy (non-hydrogen) atoms. The molecule has 3 rings (SSSR count). The standard InChI is InChI=1S/C12H11N3O2/c1-16-10-4-2-3-8-7(10)5-9(14-8)11-6-12(13)15-17-11/h2-6,14H,1H3,(H2,13,15). The van der Waals surface area contributed by atoms with Crippen LogP contribution in [0.2, 0.25) is 0 Å². The quantitative estimate of drug-likeness (QED) is 0.707. The Morgan fingerprint density at radius 2 is 2.24 bits per heavy atom. The van der Waals surface area contributed by atoms with Gasteiger partial charge in [0.15, 0.2) is 11.6 Å². The summed E-state index contributed by atoms with van der Waals surface area (Å²) in [5.74, 6) is 1.80. The van der Waals surface area contributed by atoms with E-state index in [2.05, 4.69) is 10.1 Å². The fraction of sp³-hybridized carbons (Fsp3) is 0.0833. The summed E-state index contributed by atoms with van der Waals surface area (Å²) in [5.41, 5.74) is 7.33. The molecule has 0 unspecified atom stereocenters. The third-order valence-corrected chi connectivity index (χ3v) is 2.64. The Labute approximate surface area is 97.2 Å². The number of benzene rings is 1. The summed E-state index contributed by atoms with van der Waals surface area (Å²) >= 11 is 0. The molecule has 0 bridgehead atoms. The Morgan fingerprint density at radius 1 is 1.35 bits per heavy atom. The molecule has 0 amide bonds. The van der Waals surface area contributed by atoms with E-state index in [0.717, 1.165) is 22.3 Å². The van der Waals surface area contributed by atoms with Crippen LogP contribution in [0.25, 0.3) is 22.4 Å². The van der Waals surface area contributed by atoms with Crippen molar-refractivity contribution < 1.29 is 9.26 Å². The lowest BCUT2D eigenvalue weighted by molar-refractivity contribution is 0.420. The van der Waals surface area contributed by atoms with Crippen molar-refractivity contribution in [1.29, 1.82) is 0 Å². The zero-order chi connectivity index (χ0) is 11.8. The van der Waals surface area contributed by atoms with Gasteiger partial charge in [0.2, 0.25) is 0 Å². The van der Waals surface area contributed by atoms with Gasteiger partial charge in [-0.25, -0.2) is 0 Å². The molecule has 0 saturated carbocycles. The predicted octanol–water partition coefficient (Wildman–Crippen LogP) is 2.41. The molecule has 0 fully saturated rings. The number of rotatable bonds is 2. The number of nitrogen functional groups attached to an aromatic ring is 1. The molecule has 0 atom stereocenters. The molecule has 0 aliphatic carbocycles. The van der Waals surface area contributed by atoms with Gasteiger partial charge in [0.1, 0.15) is 5.75 Å². The average molecular weight is 229 g/mol. The van der Waals surface area contributed by atoms with Crippen molar-refractivity contribution >= 4 is 16.7 Å². The molecule has 5 nitrogen and oxygen atoms in total. The van der Waals surface area contributed by atoms with E-state index in [0.29, 0.717) is 11.6 Å². The second kappa shape index (κ2) is 3.55. The van der Waals surface area contributed by atoms with Gasteiger partial charge in [0, 0.05) is 17.0 Å². The molecule has 1 aromatic carbocycles. The molecule has 0 aliphatic rings. The van der Waals surface area contributed by atoms with E-state index in [4.69, 9.17) is 15.0 Å². The van der Waals surface area contributed by atoms with E-state index in [9.17, 15) is 0 Å². The fourth-order valence-corrected chi connectivity index (χ4v) is 1.85. The predicted molar refractivity (Wildman–Crippen MR) is 64.8 cm³/mol. The van der Waals surface area contributed by atoms with Crippen LogP contribution in [0.15, 0.2) is 34.9 Å². The molecule has 3 N–H and O–H groups in total. The molecule has 0 radical (unpaired) electrons.